The molecule has 6 nitrogen and oxygen atoms in total. The van der Waals surface area contributed by atoms with Crippen molar-refractivity contribution in [1.29, 1.82) is 0 Å². The summed E-state index contributed by atoms with van der Waals surface area (Å²) >= 11 is 0. The van der Waals surface area contributed by atoms with Gasteiger partial charge >= 0.3 is 0 Å². The van der Waals surface area contributed by atoms with E-state index in [0.29, 0.717) is 5.69 Å². The molecule has 1 aromatic heterocycles. The second-order valence-electron chi connectivity index (χ2n) is 4.56. The number of para-hydroxylation sites is 1. The standard InChI is InChI=1S/C13H18N4O2S/c1-3-6-10-7-4-5-8-11(10)16-20(18,19)12-9-17(2)15-13(12)14/h4-5,7-9,16H,3,6H2,1-2H3,(H2,14,15). The van der Waals surface area contributed by atoms with Gasteiger partial charge in [0, 0.05) is 13.2 Å². The highest BCUT2D eigenvalue weighted by molar-refractivity contribution is 7.92. The summed E-state index contributed by atoms with van der Waals surface area (Å²) in [5, 5.41) is 3.85. The second kappa shape index (κ2) is 5.54. The number of nitrogens with one attached hydrogen (secondary N) is 1. The molecule has 0 radical (unpaired) electrons. The van der Waals surface area contributed by atoms with E-state index in [1.807, 2.05) is 19.1 Å². The Morgan fingerprint density at radius 3 is 2.65 bits per heavy atom. The Morgan fingerprint density at radius 1 is 1.35 bits per heavy atom. The fourth-order valence-corrected chi connectivity index (χ4v) is 3.20. The summed E-state index contributed by atoms with van der Waals surface area (Å²) in [5.74, 6) is -0.00651. The average Bonchev–Trinajstić information content (AvgIpc) is 2.72. The summed E-state index contributed by atoms with van der Waals surface area (Å²) < 4.78 is 28.7. The normalized spacial score (nSPS) is 11.5. The minimum absolute atomic E-state index is 0.00651. The second-order valence-corrected chi connectivity index (χ2v) is 6.22. The molecule has 1 aromatic carbocycles. The van der Waals surface area contributed by atoms with Crippen molar-refractivity contribution in [3.63, 3.8) is 0 Å². The number of rotatable bonds is 5. The first-order valence-corrected chi connectivity index (χ1v) is 7.82. The smallest absolute Gasteiger partial charge is 0.267 e. The molecule has 1 heterocycles. The first kappa shape index (κ1) is 14.4. The number of nitrogens with two attached hydrogens (primary N) is 1. The van der Waals surface area contributed by atoms with E-state index >= 15 is 0 Å². The van der Waals surface area contributed by atoms with Gasteiger partial charge in [0.1, 0.15) is 4.90 Å². The van der Waals surface area contributed by atoms with Crippen LogP contribution >= 0.6 is 0 Å². The molecule has 0 atom stereocenters. The van der Waals surface area contributed by atoms with Crippen LogP contribution in [0.25, 0.3) is 0 Å². The number of hydrogen-bond donors (Lipinski definition) is 2. The van der Waals surface area contributed by atoms with Crippen LogP contribution in [0, 0.1) is 0 Å². The van der Waals surface area contributed by atoms with Crippen molar-refractivity contribution in [3.05, 3.63) is 36.0 Å². The van der Waals surface area contributed by atoms with Crippen molar-refractivity contribution in [2.24, 2.45) is 7.05 Å². The maximum atomic E-state index is 12.3. The van der Waals surface area contributed by atoms with E-state index in [4.69, 9.17) is 5.73 Å². The summed E-state index contributed by atoms with van der Waals surface area (Å²) in [4.78, 5) is -0.00805. The van der Waals surface area contributed by atoms with Gasteiger partial charge in [0.2, 0.25) is 0 Å². The van der Waals surface area contributed by atoms with Crippen molar-refractivity contribution in [2.45, 2.75) is 24.7 Å². The summed E-state index contributed by atoms with van der Waals surface area (Å²) in [6.45, 7) is 2.05. The van der Waals surface area contributed by atoms with Crippen LogP contribution in [-0.2, 0) is 23.5 Å². The number of sulfonamides is 1. The van der Waals surface area contributed by atoms with Crippen molar-refractivity contribution in [2.75, 3.05) is 10.5 Å². The van der Waals surface area contributed by atoms with Crippen LogP contribution in [0.15, 0.2) is 35.4 Å². The Labute approximate surface area is 118 Å². The molecule has 3 N–H and O–H groups in total. The quantitative estimate of drug-likeness (QED) is 0.879. The lowest BCUT2D eigenvalue weighted by molar-refractivity contribution is 0.601. The predicted molar refractivity (Wildman–Crippen MR) is 78.9 cm³/mol. The fourth-order valence-electron chi connectivity index (χ4n) is 2.00. The highest BCUT2D eigenvalue weighted by Crippen LogP contribution is 2.23. The molecule has 0 aliphatic heterocycles. The minimum atomic E-state index is -3.72. The number of benzene rings is 1. The van der Waals surface area contributed by atoms with Gasteiger partial charge in [-0.05, 0) is 18.1 Å². The van der Waals surface area contributed by atoms with E-state index in [2.05, 4.69) is 9.82 Å². The maximum Gasteiger partial charge on any atom is 0.267 e. The minimum Gasteiger partial charge on any atom is -0.381 e. The number of nitrogen functional groups attached to an aromatic ring is 1. The Balaban J connectivity index is 2.36. The molecule has 7 heteroatoms. The molecule has 2 aromatic rings. The number of aromatic nitrogens is 2. The van der Waals surface area contributed by atoms with Crippen molar-refractivity contribution in [3.8, 4) is 0 Å². The Hall–Kier alpha value is -2.02. The van der Waals surface area contributed by atoms with Gasteiger partial charge in [-0.2, -0.15) is 5.10 Å². The summed E-state index contributed by atoms with van der Waals surface area (Å²) in [5.41, 5.74) is 7.17. The predicted octanol–water partition coefficient (Wildman–Crippen LogP) is 1.76. The maximum absolute atomic E-state index is 12.3. The zero-order valence-corrected chi connectivity index (χ0v) is 12.3. The highest BCUT2D eigenvalue weighted by atomic mass is 32.2. The lowest BCUT2D eigenvalue weighted by Crippen LogP contribution is -2.15. The van der Waals surface area contributed by atoms with E-state index in [0.717, 1.165) is 18.4 Å². The van der Waals surface area contributed by atoms with Gasteiger partial charge in [0.05, 0.1) is 5.69 Å². The van der Waals surface area contributed by atoms with Crippen molar-refractivity contribution >= 4 is 21.5 Å². The molecule has 2 rings (SSSR count). The number of aryl methyl sites for hydroxylation is 2. The fraction of sp³-hybridized carbons (Fsp3) is 0.308. The van der Waals surface area contributed by atoms with Crippen LogP contribution in [0.3, 0.4) is 0 Å². The van der Waals surface area contributed by atoms with E-state index in [-0.39, 0.29) is 10.7 Å². The van der Waals surface area contributed by atoms with E-state index in [1.165, 1.54) is 10.9 Å². The van der Waals surface area contributed by atoms with Crippen LogP contribution < -0.4 is 10.5 Å². The Morgan fingerprint density at radius 2 is 2.05 bits per heavy atom. The van der Waals surface area contributed by atoms with Crippen molar-refractivity contribution in [1.82, 2.24) is 9.78 Å². The molecule has 0 aliphatic rings. The summed E-state index contributed by atoms with van der Waals surface area (Å²) in [6.07, 6.45) is 3.13. The molecule has 0 aliphatic carbocycles. The lowest BCUT2D eigenvalue weighted by atomic mass is 10.1. The molecular formula is C13H18N4O2S. The first-order valence-electron chi connectivity index (χ1n) is 6.34. The topological polar surface area (TPSA) is 90.0 Å². The number of nitrogens with zero attached hydrogens (tertiary/aromatic N) is 2. The van der Waals surface area contributed by atoms with Gasteiger partial charge in [-0.25, -0.2) is 8.42 Å². The molecular weight excluding hydrogens is 276 g/mol. The van der Waals surface area contributed by atoms with E-state index in [1.54, 1.807) is 19.2 Å². The molecule has 0 unspecified atom stereocenters. The van der Waals surface area contributed by atoms with E-state index < -0.39 is 10.0 Å². The van der Waals surface area contributed by atoms with Gasteiger partial charge in [-0.1, -0.05) is 31.5 Å². The number of hydrogen-bond acceptors (Lipinski definition) is 4. The lowest BCUT2D eigenvalue weighted by Gasteiger charge is -2.11. The van der Waals surface area contributed by atoms with E-state index in [9.17, 15) is 8.42 Å². The average molecular weight is 294 g/mol. The molecule has 0 bridgehead atoms. The third-order valence-electron chi connectivity index (χ3n) is 2.89. The SMILES string of the molecule is CCCc1ccccc1NS(=O)(=O)c1cn(C)nc1N. The zero-order valence-electron chi connectivity index (χ0n) is 11.5. The highest BCUT2D eigenvalue weighted by Gasteiger charge is 2.21. The van der Waals surface area contributed by atoms with Gasteiger partial charge < -0.3 is 5.73 Å². The van der Waals surface area contributed by atoms with Gasteiger partial charge in [0.15, 0.2) is 5.82 Å². The molecule has 108 valence electrons. The van der Waals surface area contributed by atoms with Gasteiger partial charge in [-0.15, -0.1) is 0 Å². The van der Waals surface area contributed by atoms with Crippen LogP contribution in [0.2, 0.25) is 0 Å². The first-order chi connectivity index (χ1) is 9.44. The third kappa shape index (κ3) is 2.93. The third-order valence-corrected chi connectivity index (χ3v) is 4.27. The number of anilines is 2. The Bertz CT molecular complexity index is 707. The van der Waals surface area contributed by atoms with Crippen LogP contribution in [0.4, 0.5) is 11.5 Å². The summed E-state index contributed by atoms with van der Waals surface area (Å²) in [7, 11) is -2.10. The van der Waals surface area contributed by atoms with Gasteiger partial charge in [-0.3, -0.25) is 9.40 Å². The van der Waals surface area contributed by atoms with Crippen LogP contribution in [-0.4, -0.2) is 18.2 Å². The zero-order chi connectivity index (χ0) is 14.8. The monoisotopic (exact) mass is 294 g/mol. The Kier molecular flexibility index (Phi) is 3.99. The molecule has 0 amide bonds. The molecule has 0 fully saturated rings. The van der Waals surface area contributed by atoms with Crippen LogP contribution in [0.1, 0.15) is 18.9 Å². The largest absolute Gasteiger partial charge is 0.381 e. The van der Waals surface area contributed by atoms with Crippen molar-refractivity contribution < 1.29 is 8.42 Å². The molecule has 20 heavy (non-hydrogen) atoms. The van der Waals surface area contributed by atoms with Crippen LogP contribution in [0.5, 0.6) is 0 Å². The summed E-state index contributed by atoms with van der Waals surface area (Å²) in [6, 6.07) is 7.34. The molecule has 0 saturated carbocycles. The molecule has 0 saturated heterocycles. The van der Waals surface area contributed by atoms with Gasteiger partial charge in [0.25, 0.3) is 10.0 Å². The molecule has 0 spiro atoms.